The Balaban J connectivity index is 1.66. The van der Waals surface area contributed by atoms with Gasteiger partial charge in [0.1, 0.15) is 6.23 Å². The first kappa shape index (κ1) is 20.5. The summed E-state index contributed by atoms with van der Waals surface area (Å²) in [5.41, 5.74) is 0.217. The minimum atomic E-state index is -1.10. The van der Waals surface area contributed by atoms with Crippen LogP contribution in [0.25, 0.3) is 0 Å². The number of carbonyl (C=O) groups is 1. The number of ketones is 1. The van der Waals surface area contributed by atoms with Gasteiger partial charge in [-0.05, 0) is 44.2 Å². The molecule has 0 N–H and O–H groups in total. The highest BCUT2D eigenvalue weighted by Crippen LogP contribution is 2.22. The van der Waals surface area contributed by atoms with E-state index in [-0.39, 0.29) is 0 Å². The Morgan fingerprint density at radius 1 is 1.30 bits per heavy atom. The van der Waals surface area contributed by atoms with Gasteiger partial charge in [-0.15, -0.1) is 11.3 Å². The third-order valence-corrected chi connectivity index (χ3v) is 6.30. The van der Waals surface area contributed by atoms with Crippen LogP contribution < -0.4 is 11.2 Å². The molecule has 1 saturated heterocycles. The summed E-state index contributed by atoms with van der Waals surface area (Å²) in [6, 6.07) is 5.73. The average molecular weight is 431 g/mol. The first-order valence-corrected chi connectivity index (χ1v) is 10.6. The zero-order valence-electron chi connectivity index (χ0n) is 16.8. The van der Waals surface area contributed by atoms with Crippen molar-refractivity contribution < 1.29 is 13.9 Å². The highest BCUT2D eigenvalue weighted by Gasteiger charge is 2.24. The molecule has 0 radical (unpaired) electrons. The minimum Gasteiger partial charge on any atom is -0.358 e. The van der Waals surface area contributed by atoms with Crippen LogP contribution in [-0.2, 0) is 17.8 Å². The van der Waals surface area contributed by atoms with Crippen molar-refractivity contribution in [3.8, 4) is 0 Å². The summed E-state index contributed by atoms with van der Waals surface area (Å²) in [7, 11) is 0. The van der Waals surface area contributed by atoms with Crippen LogP contribution in [0.3, 0.4) is 0 Å². The highest BCUT2D eigenvalue weighted by molar-refractivity contribution is 7.09. The van der Waals surface area contributed by atoms with Gasteiger partial charge in [0.25, 0.3) is 5.56 Å². The molecule has 30 heavy (non-hydrogen) atoms. The first-order chi connectivity index (χ1) is 14.4. The Bertz CT molecular complexity index is 1200. The van der Waals surface area contributed by atoms with Crippen LogP contribution in [0.4, 0.5) is 4.39 Å². The maximum absolute atomic E-state index is 14.2. The smallest absolute Gasteiger partial charge is 0.333 e. The molecule has 3 aromatic rings. The predicted molar refractivity (Wildman–Crippen MR) is 111 cm³/mol. The van der Waals surface area contributed by atoms with Gasteiger partial charge in [-0.3, -0.25) is 14.2 Å². The Labute approximate surface area is 176 Å². The van der Waals surface area contributed by atoms with E-state index in [9.17, 15) is 18.8 Å². The molecule has 1 fully saturated rings. The fourth-order valence-electron chi connectivity index (χ4n) is 3.83. The lowest BCUT2D eigenvalue weighted by Gasteiger charge is -2.15. The van der Waals surface area contributed by atoms with Gasteiger partial charge in [0, 0.05) is 28.4 Å². The van der Waals surface area contributed by atoms with Crippen molar-refractivity contribution in [1.29, 1.82) is 0 Å². The van der Waals surface area contributed by atoms with Crippen LogP contribution >= 0.6 is 11.3 Å². The molecule has 0 aliphatic carbocycles. The second-order valence-electron chi connectivity index (χ2n) is 7.40. The average Bonchev–Trinajstić information content (AvgIpc) is 3.47. The number of aryl methyl sites for hydroxylation is 1. The summed E-state index contributed by atoms with van der Waals surface area (Å²) in [5.74, 6) is -1.50. The molecule has 1 aliphatic heterocycles. The monoisotopic (exact) mass is 431 g/mol. The highest BCUT2D eigenvalue weighted by atomic mass is 32.1. The molecule has 1 unspecified atom stereocenters. The molecule has 9 heteroatoms. The lowest BCUT2D eigenvalue weighted by molar-refractivity contribution is 0.0501. The second-order valence-corrected chi connectivity index (χ2v) is 8.43. The van der Waals surface area contributed by atoms with Gasteiger partial charge >= 0.3 is 5.69 Å². The standard InChI is InChI=1S/C21H22FN3O4S/c1-13-9-16(14(2)23(13)10-15-5-4-8-30-15)18(26)12-25-20(27)17(22)11-24(21(25)28)19-6-3-7-29-19/h4-5,8-9,11,19H,3,6-7,10,12H2,1-2H3. The van der Waals surface area contributed by atoms with Gasteiger partial charge < -0.3 is 9.30 Å². The normalized spacial score (nSPS) is 16.3. The summed E-state index contributed by atoms with van der Waals surface area (Å²) in [6.07, 6.45) is 1.54. The number of Topliss-reactive ketones (excluding diaryl/α,β-unsaturated/α-hetero) is 1. The Morgan fingerprint density at radius 3 is 2.77 bits per heavy atom. The molecule has 0 aromatic carbocycles. The minimum absolute atomic E-state index is 0.413. The van der Waals surface area contributed by atoms with E-state index in [1.165, 1.54) is 0 Å². The van der Waals surface area contributed by atoms with Crippen molar-refractivity contribution in [3.63, 3.8) is 0 Å². The Morgan fingerprint density at radius 2 is 2.10 bits per heavy atom. The van der Waals surface area contributed by atoms with Gasteiger partial charge in [0.05, 0.1) is 19.3 Å². The summed E-state index contributed by atoms with van der Waals surface area (Å²) in [4.78, 5) is 39.2. The number of nitrogens with zero attached hydrogens (tertiary/aromatic N) is 3. The molecular weight excluding hydrogens is 409 g/mol. The number of carbonyl (C=O) groups excluding carboxylic acids is 1. The van der Waals surface area contributed by atoms with Crippen molar-refractivity contribution in [2.75, 3.05) is 6.61 Å². The van der Waals surface area contributed by atoms with Gasteiger partial charge in [-0.1, -0.05) is 6.07 Å². The van der Waals surface area contributed by atoms with Crippen molar-refractivity contribution in [1.82, 2.24) is 13.7 Å². The van der Waals surface area contributed by atoms with E-state index in [2.05, 4.69) is 0 Å². The van der Waals surface area contributed by atoms with Crippen LogP contribution in [0.2, 0.25) is 0 Å². The number of hydrogen-bond acceptors (Lipinski definition) is 5. The van der Waals surface area contributed by atoms with E-state index in [1.54, 1.807) is 17.4 Å². The van der Waals surface area contributed by atoms with E-state index in [0.717, 1.165) is 33.4 Å². The van der Waals surface area contributed by atoms with Crippen LogP contribution in [-0.4, -0.2) is 26.1 Å². The Hall–Kier alpha value is -2.78. The lowest BCUT2D eigenvalue weighted by Crippen LogP contribution is -2.43. The maximum Gasteiger partial charge on any atom is 0.333 e. The zero-order valence-corrected chi connectivity index (χ0v) is 17.6. The molecule has 158 valence electrons. The molecule has 0 bridgehead atoms. The van der Waals surface area contributed by atoms with Crippen LogP contribution in [0.5, 0.6) is 0 Å². The Kier molecular flexibility index (Phi) is 5.57. The van der Waals surface area contributed by atoms with Crippen molar-refractivity contribution in [2.45, 2.75) is 46.0 Å². The van der Waals surface area contributed by atoms with Crippen molar-refractivity contribution in [2.24, 2.45) is 0 Å². The fraction of sp³-hybridized carbons (Fsp3) is 0.381. The number of rotatable bonds is 6. The summed E-state index contributed by atoms with van der Waals surface area (Å²) in [5, 5.41) is 1.99. The van der Waals surface area contributed by atoms with Gasteiger partial charge in [0.15, 0.2) is 5.78 Å². The van der Waals surface area contributed by atoms with E-state index < -0.39 is 35.6 Å². The molecule has 0 amide bonds. The topological polar surface area (TPSA) is 75.2 Å². The summed E-state index contributed by atoms with van der Waals surface area (Å²) < 4.78 is 23.4. The number of ether oxygens (including phenoxy) is 1. The lowest BCUT2D eigenvalue weighted by atomic mass is 10.1. The maximum atomic E-state index is 14.2. The number of hydrogen-bond donors (Lipinski definition) is 0. The van der Waals surface area contributed by atoms with Crippen molar-refractivity contribution in [3.05, 3.63) is 78.3 Å². The van der Waals surface area contributed by atoms with Crippen LogP contribution in [0, 0.1) is 19.7 Å². The molecular formula is C21H22FN3O4S. The van der Waals surface area contributed by atoms with E-state index in [1.807, 2.05) is 35.9 Å². The second kappa shape index (κ2) is 8.16. The fourth-order valence-corrected chi connectivity index (χ4v) is 4.52. The molecule has 4 rings (SSSR count). The van der Waals surface area contributed by atoms with Crippen molar-refractivity contribution >= 4 is 17.1 Å². The van der Waals surface area contributed by atoms with E-state index in [0.29, 0.717) is 29.7 Å². The van der Waals surface area contributed by atoms with E-state index >= 15 is 0 Å². The van der Waals surface area contributed by atoms with Gasteiger partial charge in [0.2, 0.25) is 5.82 Å². The number of aromatic nitrogens is 3. The molecule has 1 atom stereocenters. The quantitative estimate of drug-likeness (QED) is 0.563. The van der Waals surface area contributed by atoms with E-state index in [4.69, 9.17) is 4.74 Å². The number of thiophene rings is 1. The SMILES string of the molecule is Cc1cc(C(=O)Cn2c(=O)c(F)cn(C3CCCO3)c2=O)c(C)n1Cc1cccs1. The third-order valence-electron chi connectivity index (χ3n) is 5.44. The predicted octanol–water partition coefficient (Wildman–Crippen LogP) is 2.87. The zero-order chi connectivity index (χ0) is 21.4. The first-order valence-electron chi connectivity index (χ1n) is 9.72. The van der Waals surface area contributed by atoms with Crippen LogP contribution in [0.15, 0.2) is 39.4 Å². The largest absolute Gasteiger partial charge is 0.358 e. The third kappa shape index (κ3) is 3.70. The van der Waals surface area contributed by atoms with Gasteiger partial charge in [-0.25, -0.2) is 9.36 Å². The molecule has 1 aliphatic rings. The molecule has 7 nitrogen and oxygen atoms in total. The van der Waals surface area contributed by atoms with Crippen LogP contribution in [0.1, 0.15) is 45.7 Å². The molecule has 0 saturated carbocycles. The number of halogens is 1. The molecule has 3 aromatic heterocycles. The summed E-state index contributed by atoms with van der Waals surface area (Å²) in [6.45, 7) is 4.30. The van der Waals surface area contributed by atoms with Gasteiger partial charge in [-0.2, -0.15) is 4.39 Å². The molecule has 4 heterocycles. The molecule has 0 spiro atoms. The summed E-state index contributed by atoms with van der Waals surface area (Å²) >= 11 is 1.63.